The Kier molecular flexibility index (Phi) is 9.28. The minimum absolute atomic E-state index is 0.00231. The average molecular weight is 672 g/mol. The lowest BCUT2D eigenvalue weighted by Gasteiger charge is -2.24. The second kappa shape index (κ2) is 12.8. The van der Waals surface area contributed by atoms with Crippen molar-refractivity contribution in [2.24, 2.45) is 0 Å². The standard InChI is InChI=1S/C34H36F3N3O6S/c1-7-45-19-24-16-23(18-39-29-17-25(34(35,36)37)13-15-28(29)33(4,5)32(39)41)12-14-26(24)27-10-8-9-11-30(27)47(42,43)40(20-44-6)31-21(2)22(3)46-38-31/h8-17H,7,18-20H2,1-6H3. The summed E-state index contributed by atoms with van der Waals surface area (Å²) >= 11 is 0. The summed E-state index contributed by atoms with van der Waals surface area (Å²) in [4.78, 5) is 14.9. The molecule has 0 N–H and O–H groups in total. The highest BCUT2D eigenvalue weighted by Crippen LogP contribution is 2.45. The predicted molar refractivity (Wildman–Crippen MR) is 170 cm³/mol. The number of ether oxygens (including phenoxy) is 2. The molecule has 4 aromatic rings. The minimum atomic E-state index is -4.57. The predicted octanol–water partition coefficient (Wildman–Crippen LogP) is 7.14. The van der Waals surface area contributed by atoms with Crippen LogP contribution in [0.3, 0.4) is 0 Å². The molecule has 0 atom stereocenters. The molecule has 47 heavy (non-hydrogen) atoms. The molecule has 250 valence electrons. The molecule has 0 radical (unpaired) electrons. The van der Waals surface area contributed by atoms with Crippen molar-refractivity contribution in [2.45, 2.75) is 64.3 Å². The average Bonchev–Trinajstić information content (AvgIpc) is 3.45. The van der Waals surface area contributed by atoms with E-state index in [1.165, 1.54) is 24.1 Å². The third-order valence-corrected chi connectivity index (χ3v) is 10.2. The molecule has 1 aliphatic rings. The second-order valence-corrected chi connectivity index (χ2v) is 13.7. The maximum absolute atomic E-state index is 14.2. The summed E-state index contributed by atoms with van der Waals surface area (Å²) in [5.41, 5.74) is 1.64. The lowest BCUT2D eigenvalue weighted by molar-refractivity contribution is -0.137. The van der Waals surface area contributed by atoms with Crippen LogP contribution in [0.15, 0.2) is 70.1 Å². The zero-order chi connectivity index (χ0) is 34.3. The molecular weight excluding hydrogens is 635 g/mol. The first kappa shape index (κ1) is 34.1. The Morgan fingerprint density at radius 3 is 2.38 bits per heavy atom. The Labute approximate surface area is 271 Å². The van der Waals surface area contributed by atoms with Crippen LogP contribution in [0, 0.1) is 13.8 Å². The second-order valence-electron chi connectivity index (χ2n) is 11.8. The maximum atomic E-state index is 14.2. The number of fused-ring (bicyclic) bond motifs is 1. The van der Waals surface area contributed by atoms with Crippen molar-refractivity contribution in [3.05, 3.63) is 94.2 Å². The molecule has 0 bridgehead atoms. The Hall–Kier alpha value is -4.20. The summed E-state index contributed by atoms with van der Waals surface area (Å²) in [5, 5.41) is 3.98. The van der Waals surface area contributed by atoms with Gasteiger partial charge in [0, 0.05) is 30.5 Å². The first-order valence-corrected chi connectivity index (χ1v) is 16.3. The fraction of sp³-hybridized carbons (Fsp3) is 0.353. The van der Waals surface area contributed by atoms with Gasteiger partial charge in [-0.3, -0.25) is 4.79 Å². The summed E-state index contributed by atoms with van der Waals surface area (Å²) in [5.74, 6) is 0.253. The van der Waals surface area contributed by atoms with Crippen LogP contribution >= 0.6 is 0 Å². The summed E-state index contributed by atoms with van der Waals surface area (Å²) in [6, 6.07) is 15.2. The molecule has 0 unspecified atom stereocenters. The summed E-state index contributed by atoms with van der Waals surface area (Å²) in [7, 11) is -2.86. The lowest BCUT2D eigenvalue weighted by atomic mass is 9.86. The number of anilines is 2. The van der Waals surface area contributed by atoms with Gasteiger partial charge in [-0.25, -0.2) is 12.7 Å². The Morgan fingerprint density at radius 1 is 1.02 bits per heavy atom. The Bertz CT molecular complexity index is 1920. The van der Waals surface area contributed by atoms with Crippen LogP contribution in [-0.2, 0) is 49.0 Å². The van der Waals surface area contributed by atoms with Crippen molar-refractivity contribution in [2.75, 3.05) is 29.7 Å². The van der Waals surface area contributed by atoms with Gasteiger partial charge < -0.3 is 18.9 Å². The van der Waals surface area contributed by atoms with Gasteiger partial charge in [0.05, 0.1) is 29.0 Å². The topological polar surface area (TPSA) is 102 Å². The highest BCUT2D eigenvalue weighted by molar-refractivity contribution is 7.93. The number of sulfonamides is 1. The van der Waals surface area contributed by atoms with Crippen LogP contribution in [0.25, 0.3) is 11.1 Å². The Balaban J connectivity index is 1.58. The van der Waals surface area contributed by atoms with Crippen molar-refractivity contribution in [3.8, 4) is 11.1 Å². The Morgan fingerprint density at radius 2 is 1.74 bits per heavy atom. The monoisotopic (exact) mass is 671 g/mol. The molecule has 1 aliphatic heterocycles. The largest absolute Gasteiger partial charge is 0.416 e. The first-order valence-electron chi connectivity index (χ1n) is 14.9. The molecule has 2 heterocycles. The fourth-order valence-electron chi connectivity index (χ4n) is 5.73. The smallest absolute Gasteiger partial charge is 0.377 e. The van der Waals surface area contributed by atoms with Gasteiger partial charge in [-0.1, -0.05) is 47.6 Å². The number of rotatable bonds is 11. The highest BCUT2D eigenvalue weighted by Gasteiger charge is 2.45. The van der Waals surface area contributed by atoms with Crippen molar-refractivity contribution < 1.29 is 40.4 Å². The normalized spacial score (nSPS) is 14.5. The van der Waals surface area contributed by atoms with Crippen LogP contribution in [-0.4, -0.2) is 39.9 Å². The summed E-state index contributed by atoms with van der Waals surface area (Å²) in [6.07, 6.45) is -4.57. The molecule has 0 aliphatic carbocycles. The third kappa shape index (κ3) is 6.27. The number of carbonyl (C=O) groups excluding carboxylic acids is 1. The molecule has 5 rings (SSSR count). The lowest BCUT2D eigenvalue weighted by Crippen LogP contribution is -2.35. The molecule has 0 spiro atoms. The van der Waals surface area contributed by atoms with Crippen molar-refractivity contribution >= 4 is 27.4 Å². The van der Waals surface area contributed by atoms with Gasteiger partial charge in [-0.15, -0.1) is 0 Å². The number of carbonyl (C=O) groups is 1. The van der Waals surface area contributed by atoms with Crippen molar-refractivity contribution in [1.29, 1.82) is 0 Å². The van der Waals surface area contributed by atoms with Crippen molar-refractivity contribution in [1.82, 2.24) is 5.16 Å². The SMILES string of the molecule is CCOCc1cc(CN2C(=O)C(C)(C)c3ccc(C(F)(F)F)cc32)ccc1-c1ccccc1S(=O)(=O)N(COC)c1noc(C)c1C. The van der Waals surface area contributed by atoms with Gasteiger partial charge in [0.1, 0.15) is 12.5 Å². The van der Waals surface area contributed by atoms with E-state index in [4.69, 9.17) is 14.0 Å². The molecule has 1 amide bonds. The molecule has 0 fully saturated rings. The number of hydrogen-bond acceptors (Lipinski definition) is 7. The van der Waals surface area contributed by atoms with Gasteiger partial charge in [0.15, 0.2) is 5.82 Å². The first-order chi connectivity index (χ1) is 22.1. The zero-order valence-corrected chi connectivity index (χ0v) is 27.8. The van der Waals surface area contributed by atoms with Crippen LogP contribution in [0.2, 0.25) is 0 Å². The van der Waals surface area contributed by atoms with Gasteiger partial charge in [0.25, 0.3) is 10.0 Å². The number of amides is 1. The van der Waals surface area contributed by atoms with Crippen LogP contribution in [0.4, 0.5) is 24.7 Å². The molecule has 0 saturated carbocycles. The molecular formula is C34H36F3N3O6S. The number of benzene rings is 3. The number of nitrogens with zero attached hydrogens (tertiary/aromatic N) is 3. The van der Waals surface area contributed by atoms with E-state index in [0.29, 0.717) is 45.7 Å². The maximum Gasteiger partial charge on any atom is 0.416 e. The molecule has 0 saturated heterocycles. The molecule has 3 aromatic carbocycles. The minimum Gasteiger partial charge on any atom is -0.377 e. The van der Waals surface area contributed by atoms with Gasteiger partial charge in [0.2, 0.25) is 5.91 Å². The van der Waals surface area contributed by atoms with E-state index in [2.05, 4.69) is 5.16 Å². The quantitative estimate of drug-likeness (QED) is 0.156. The molecule has 1 aromatic heterocycles. The van der Waals surface area contributed by atoms with Crippen LogP contribution < -0.4 is 9.21 Å². The number of methoxy groups -OCH3 is 1. The van der Waals surface area contributed by atoms with Gasteiger partial charge in [-0.2, -0.15) is 13.2 Å². The van der Waals surface area contributed by atoms with E-state index in [0.717, 1.165) is 16.4 Å². The van der Waals surface area contributed by atoms with Crippen LogP contribution in [0.1, 0.15) is 54.3 Å². The van der Waals surface area contributed by atoms with Gasteiger partial charge >= 0.3 is 6.18 Å². The van der Waals surface area contributed by atoms with E-state index in [1.807, 2.05) is 6.92 Å². The number of hydrogen-bond donors (Lipinski definition) is 0. The number of alkyl halides is 3. The van der Waals surface area contributed by atoms with E-state index in [9.17, 15) is 26.4 Å². The molecule has 9 nitrogen and oxygen atoms in total. The highest BCUT2D eigenvalue weighted by atomic mass is 32.2. The van der Waals surface area contributed by atoms with Crippen molar-refractivity contribution in [3.63, 3.8) is 0 Å². The van der Waals surface area contributed by atoms with E-state index in [-0.39, 0.29) is 42.2 Å². The van der Waals surface area contributed by atoms with Crippen LogP contribution in [0.5, 0.6) is 0 Å². The summed E-state index contributed by atoms with van der Waals surface area (Å²) in [6.45, 7) is 8.78. The third-order valence-electron chi connectivity index (χ3n) is 8.40. The van der Waals surface area contributed by atoms with E-state index >= 15 is 0 Å². The number of halogens is 3. The number of aryl methyl sites for hydroxylation is 1. The summed E-state index contributed by atoms with van der Waals surface area (Å²) < 4.78 is 86.6. The van der Waals surface area contributed by atoms with Gasteiger partial charge in [-0.05, 0) is 75.1 Å². The van der Waals surface area contributed by atoms with E-state index in [1.54, 1.807) is 64.1 Å². The fourth-order valence-corrected chi connectivity index (χ4v) is 7.32. The number of aromatic nitrogens is 1. The van der Waals surface area contributed by atoms with E-state index < -0.39 is 27.2 Å². The molecule has 13 heteroatoms. The zero-order valence-electron chi connectivity index (χ0n) is 26.9.